The van der Waals surface area contributed by atoms with Gasteiger partial charge in [0.15, 0.2) is 0 Å². The van der Waals surface area contributed by atoms with Gasteiger partial charge in [-0.3, -0.25) is 9.59 Å². The molecule has 38 heavy (non-hydrogen) atoms. The van der Waals surface area contributed by atoms with Crippen molar-refractivity contribution in [2.24, 2.45) is 0 Å². The lowest BCUT2D eigenvalue weighted by molar-refractivity contribution is -0.139. The number of hydrogen-bond acceptors (Lipinski definition) is 7. The molecule has 2 heterocycles. The van der Waals surface area contributed by atoms with Crippen molar-refractivity contribution in [3.63, 3.8) is 0 Å². The van der Waals surface area contributed by atoms with E-state index in [1.54, 1.807) is 55.7 Å². The molecule has 0 aliphatic heterocycles. The summed E-state index contributed by atoms with van der Waals surface area (Å²) in [5.74, 6) is -0.990. The van der Waals surface area contributed by atoms with Crippen LogP contribution in [-0.4, -0.2) is 45.3 Å². The highest BCUT2D eigenvalue weighted by atomic mass is 16.6. The first kappa shape index (κ1) is 26.3. The Morgan fingerprint density at radius 3 is 2.55 bits per heavy atom. The van der Waals surface area contributed by atoms with Crippen molar-refractivity contribution in [3.05, 3.63) is 83.8 Å². The molecule has 0 spiro atoms. The predicted octanol–water partition coefficient (Wildman–Crippen LogP) is 4.39. The highest BCUT2D eigenvalue weighted by Crippen LogP contribution is 2.24. The second-order valence-electron chi connectivity index (χ2n) is 9.54. The van der Waals surface area contributed by atoms with Gasteiger partial charge in [-0.1, -0.05) is 36.4 Å². The molecule has 4 aromatic rings. The van der Waals surface area contributed by atoms with Crippen LogP contribution >= 0.6 is 0 Å². The lowest BCUT2D eigenvalue weighted by Gasteiger charge is -2.19. The number of hydrogen-bond donors (Lipinski definition) is 2. The Bertz CT molecular complexity index is 1490. The number of aromatic nitrogens is 3. The summed E-state index contributed by atoms with van der Waals surface area (Å²) in [6, 6.07) is 18.1. The zero-order valence-corrected chi connectivity index (χ0v) is 21.6. The number of nitrogens with one attached hydrogen (secondary N) is 2. The second-order valence-corrected chi connectivity index (χ2v) is 9.54. The van der Waals surface area contributed by atoms with Gasteiger partial charge in [-0.25, -0.2) is 14.3 Å². The maximum Gasteiger partial charge on any atom is 0.407 e. The lowest BCUT2D eigenvalue weighted by Crippen LogP contribution is -2.32. The first-order chi connectivity index (χ1) is 18.1. The Morgan fingerprint density at radius 2 is 1.79 bits per heavy atom. The van der Waals surface area contributed by atoms with Crippen LogP contribution in [0.3, 0.4) is 0 Å². The largest absolute Gasteiger partial charge is 0.469 e. The van der Waals surface area contributed by atoms with Crippen LogP contribution in [0.2, 0.25) is 0 Å². The molecule has 0 aliphatic carbocycles. The van der Waals surface area contributed by atoms with E-state index in [0.29, 0.717) is 22.5 Å². The Hall–Kier alpha value is -4.73. The van der Waals surface area contributed by atoms with Crippen LogP contribution in [0.1, 0.15) is 42.5 Å². The smallest absolute Gasteiger partial charge is 0.407 e. The average molecular weight is 516 g/mol. The van der Waals surface area contributed by atoms with Gasteiger partial charge in [0.2, 0.25) is 5.82 Å². The van der Waals surface area contributed by atoms with E-state index in [0.717, 1.165) is 11.1 Å². The molecule has 2 amide bonds. The van der Waals surface area contributed by atoms with Crippen LogP contribution in [0.15, 0.2) is 66.9 Å². The molecule has 0 saturated heterocycles. The van der Waals surface area contributed by atoms with Crippen LogP contribution < -0.4 is 10.6 Å². The van der Waals surface area contributed by atoms with E-state index < -0.39 is 23.6 Å². The molecule has 2 aromatic heterocycles. The minimum absolute atomic E-state index is 0.0137. The summed E-state index contributed by atoms with van der Waals surface area (Å²) in [6.45, 7) is 5.67. The molecular formula is C28H29N5O5. The summed E-state index contributed by atoms with van der Waals surface area (Å²) in [4.78, 5) is 41.6. The van der Waals surface area contributed by atoms with E-state index in [-0.39, 0.29) is 18.8 Å². The summed E-state index contributed by atoms with van der Waals surface area (Å²) < 4.78 is 11.6. The third-order valence-corrected chi connectivity index (χ3v) is 5.46. The van der Waals surface area contributed by atoms with Gasteiger partial charge in [-0.15, -0.1) is 5.10 Å². The number of alkyl carbamates (subject to hydrolysis) is 1. The van der Waals surface area contributed by atoms with E-state index in [2.05, 4.69) is 20.7 Å². The molecule has 0 unspecified atom stereocenters. The van der Waals surface area contributed by atoms with E-state index in [1.807, 2.05) is 36.4 Å². The number of anilines is 1. The number of benzene rings is 2. The summed E-state index contributed by atoms with van der Waals surface area (Å²) >= 11 is 0. The molecule has 10 heteroatoms. The fraction of sp³-hybridized carbons (Fsp3) is 0.250. The quantitative estimate of drug-likeness (QED) is 0.350. The van der Waals surface area contributed by atoms with E-state index in [1.165, 1.54) is 7.11 Å². The monoisotopic (exact) mass is 515 g/mol. The van der Waals surface area contributed by atoms with Gasteiger partial charge in [0.1, 0.15) is 5.60 Å². The molecule has 4 rings (SSSR count). The van der Waals surface area contributed by atoms with Crippen LogP contribution in [0, 0.1) is 0 Å². The van der Waals surface area contributed by atoms with Crippen molar-refractivity contribution in [1.29, 1.82) is 0 Å². The zero-order valence-electron chi connectivity index (χ0n) is 21.6. The summed E-state index contributed by atoms with van der Waals surface area (Å²) in [6.07, 6.45) is 1.24. The van der Waals surface area contributed by atoms with Crippen LogP contribution in [-0.2, 0) is 27.2 Å². The average Bonchev–Trinajstić information content (AvgIpc) is 3.36. The van der Waals surface area contributed by atoms with Crippen LogP contribution in [0.4, 0.5) is 10.5 Å². The molecule has 2 aromatic carbocycles. The molecule has 0 radical (unpaired) electrons. The number of carbonyl (C=O) groups excluding carboxylic acids is 3. The Labute approximate surface area is 220 Å². The van der Waals surface area contributed by atoms with Crippen molar-refractivity contribution >= 4 is 29.2 Å². The van der Waals surface area contributed by atoms with Gasteiger partial charge >= 0.3 is 12.1 Å². The molecule has 0 saturated carbocycles. The van der Waals surface area contributed by atoms with Crippen molar-refractivity contribution in [3.8, 4) is 11.3 Å². The van der Waals surface area contributed by atoms with Gasteiger partial charge in [0, 0.05) is 24.0 Å². The minimum atomic E-state index is -0.593. The SMILES string of the molecule is COC(=O)Cc1ccccc1NC(=O)c1nc(-c2cccc(CNC(=O)OC(C)(C)C)c2)c2cccn2n1. The van der Waals surface area contributed by atoms with Gasteiger partial charge < -0.3 is 20.1 Å². The number of nitrogens with zero attached hydrogens (tertiary/aromatic N) is 3. The highest BCUT2D eigenvalue weighted by Gasteiger charge is 2.19. The first-order valence-electron chi connectivity index (χ1n) is 12.0. The number of ether oxygens (including phenoxy) is 2. The zero-order chi connectivity index (χ0) is 27.3. The number of para-hydroxylation sites is 1. The van der Waals surface area contributed by atoms with Crippen molar-refractivity contribution in [1.82, 2.24) is 19.9 Å². The van der Waals surface area contributed by atoms with E-state index in [9.17, 15) is 14.4 Å². The van der Waals surface area contributed by atoms with Crippen molar-refractivity contribution in [2.45, 2.75) is 39.3 Å². The predicted molar refractivity (Wildman–Crippen MR) is 142 cm³/mol. The summed E-state index contributed by atoms with van der Waals surface area (Å²) in [7, 11) is 1.31. The molecule has 0 bridgehead atoms. The molecule has 0 fully saturated rings. The number of fused-ring (bicyclic) bond motifs is 1. The summed E-state index contributed by atoms with van der Waals surface area (Å²) in [5.41, 5.74) is 3.33. The molecule has 0 atom stereocenters. The first-order valence-corrected chi connectivity index (χ1v) is 12.0. The molecular weight excluding hydrogens is 486 g/mol. The normalized spacial score (nSPS) is 11.2. The number of rotatable bonds is 7. The van der Waals surface area contributed by atoms with Gasteiger partial charge in [-0.2, -0.15) is 0 Å². The fourth-order valence-electron chi connectivity index (χ4n) is 3.76. The second kappa shape index (κ2) is 11.1. The Balaban J connectivity index is 1.60. The third-order valence-electron chi connectivity index (χ3n) is 5.46. The Kier molecular flexibility index (Phi) is 7.71. The number of carbonyl (C=O) groups is 3. The number of amides is 2. The maximum atomic E-state index is 13.2. The van der Waals surface area contributed by atoms with Gasteiger partial charge in [0.05, 0.1) is 24.7 Å². The molecule has 10 nitrogen and oxygen atoms in total. The topological polar surface area (TPSA) is 124 Å². The summed E-state index contributed by atoms with van der Waals surface area (Å²) in [5, 5.41) is 9.93. The maximum absolute atomic E-state index is 13.2. The Morgan fingerprint density at radius 1 is 1.00 bits per heavy atom. The lowest BCUT2D eigenvalue weighted by atomic mass is 10.1. The fourth-order valence-corrected chi connectivity index (χ4v) is 3.76. The van der Waals surface area contributed by atoms with Gasteiger partial charge in [-0.05, 0) is 56.2 Å². The number of methoxy groups -OCH3 is 1. The van der Waals surface area contributed by atoms with Crippen molar-refractivity contribution < 1.29 is 23.9 Å². The minimum Gasteiger partial charge on any atom is -0.469 e. The molecule has 196 valence electrons. The standard InChI is InChI=1S/C28H29N5O5/c1-28(2,3)38-27(36)29-17-18-9-7-11-20(15-18)24-22-13-8-14-33(22)32-25(31-24)26(35)30-21-12-6-5-10-19(21)16-23(34)37-4/h5-15H,16-17H2,1-4H3,(H,29,36)(H,30,35). The van der Waals surface area contributed by atoms with E-state index >= 15 is 0 Å². The van der Waals surface area contributed by atoms with Crippen LogP contribution in [0.25, 0.3) is 16.8 Å². The highest BCUT2D eigenvalue weighted by molar-refractivity contribution is 6.02. The number of esters is 1. The van der Waals surface area contributed by atoms with E-state index in [4.69, 9.17) is 9.47 Å². The molecule has 0 aliphatic rings. The molecule has 2 N–H and O–H groups in total. The van der Waals surface area contributed by atoms with Crippen molar-refractivity contribution in [2.75, 3.05) is 12.4 Å². The van der Waals surface area contributed by atoms with Crippen LogP contribution in [0.5, 0.6) is 0 Å². The third kappa shape index (κ3) is 6.52. The van der Waals surface area contributed by atoms with Gasteiger partial charge in [0.25, 0.3) is 5.91 Å².